The molecule has 14 heavy (non-hydrogen) atoms. The van der Waals surface area contributed by atoms with Gasteiger partial charge in [0.1, 0.15) is 6.26 Å². The largest absolute Gasteiger partial charge is 0.420 e. The van der Waals surface area contributed by atoms with E-state index in [4.69, 9.17) is 5.90 Å². The minimum atomic E-state index is 1.09. The quantitative estimate of drug-likeness (QED) is 0.329. The molecule has 0 aliphatic heterocycles. The second kappa shape index (κ2) is 12.5. The molecule has 2 heteroatoms. The van der Waals surface area contributed by atoms with Crippen molar-refractivity contribution < 1.29 is 4.84 Å². The Morgan fingerprint density at radius 1 is 0.929 bits per heavy atom. The molecule has 0 rings (SSSR count). The van der Waals surface area contributed by atoms with Gasteiger partial charge in [-0.15, -0.1) is 0 Å². The summed E-state index contributed by atoms with van der Waals surface area (Å²) < 4.78 is 0. The summed E-state index contributed by atoms with van der Waals surface area (Å²) in [6.45, 7) is 2.26. The molecule has 2 nitrogen and oxygen atoms in total. The highest BCUT2D eigenvalue weighted by Crippen LogP contribution is 2.09. The van der Waals surface area contributed by atoms with E-state index >= 15 is 0 Å². The van der Waals surface area contributed by atoms with Crippen LogP contribution in [0.1, 0.15) is 64.7 Å². The van der Waals surface area contributed by atoms with Crippen molar-refractivity contribution in [2.45, 2.75) is 64.7 Å². The number of hydrogen-bond donors (Lipinski definition) is 1. The molecule has 0 unspecified atom stereocenters. The van der Waals surface area contributed by atoms with E-state index in [2.05, 4.69) is 11.8 Å². The van der Waals surface area contributed by atoms with E-state index in [0.717, 1.165) is 6.42 Å². The van der Waals surface area contributed by atoms with Crippen LogP contribution < -0.4 is 5.90 Å². The summed E-state index contributed by atoms with van der Waals surface area (Å²) in [5, 5.41) is 0. The molecule has 0 atom stereocenters. The second-order valence-corrected chi connectivity index (χ2v) is 3.77. The molecule has 0 radical (unpaired) electrons. The first-order valence-electron chi connectivity index (χ1n) is 5.92. The Kier molecular flexibility index (Phi) is 12.1. The minimum Gasteiger partial charge on any atom is -0.420 e. The van der Waals surface area contributed by atoms with Gasteiger partial charge >= 0.3 is 0 Å². The van der Waals surface area contributed by atoms with Crippen LogP contribution in [-0.2, 0) is 4.84 Å². The number of hydrogen-bond acceptors (Lipinski definition) is 2. The zero-order chi connectivity index (χ0) is 10.5. The summed E-state index contributed by atoms with van der Waals surface area (Å²) in [6, 6.07) is 0. The van der Waals surface area contributed by atoms with Crippen molar-refractivity contribution >= 4 is 0 Å². The maximum Gasteiger partial charge on any atom is 0.106 e. The molecule has 0 aromatic carbocycles. The Morgan fingerprint density at radius 3 is 2.07 bits per heavy atom. The lowest BCUT2D eigenvalue weighted by Gasteiger charge is -1.99. The van der Waals surface area contributed by atoms with E-state index in [-0.39, 0.29) is 0 Å². The lowest BCUT2D eigenvalue weighted by atomic mass is 10.1. The van der Waals surface area contributed by atoms with Crippen molar-refractivity contribution in [1.82, 2.24) is 0 Å². The summed E-state index contributed by atoms with van der Waals surface area (Å²) in [7, 11) is 0. The second-order valence-electron chi connectivity index (χ2n) is 3.77. The zero-order valence-electron chi connectivity index (χ0n) is 9.50. The first kappa shape index (κ1) is 13.5. The predicted molar refractivity (Wildman–Crippen MR) is 61.6 cm³/mol. The molecule has 0 aromatic heterocycles. The van der Waals surface area contributed by atoms with E-state index in [9.17, 15) is 0 Å². The van der Waals surface area contributed by atoms with E-state index in [1.807, 2.05) is 6.08 Å². The third-order valence-electron chi connectivity index (χ3n) is 2.40. The minimum absolute atomic E-state index is 1.09. The van der Waals surface area contributed by atoms with Gasteiger partial charge in [0.25, 0.3) is 0 Å². The third-order valence-corrected chi connectivity index (χ3v) is 2.40. The van der Waals surface area contributed by atoms with E-state index < -0.39 is 0 Å². The fourth-order valence-electron chi connectivity index (χ4n) is 1.52. The van der Waals surface area contributed by atoms with Crippen LogP contribution >= 0.6 is 0 Å². The van der Waals surface area contributed by atoms with Crippen LogP contribution in [0.25, 0.3) is 0 Å². The monoisotopic (exact) mass is 199 g/mol. The zero-order valence-corrected chi connectivity index (χ0v) is 9.50. The summed E-state index contributed by atoms with van der Waals surface area (Å²) in [5.74, 6) is 4.85. The van der Waals surface area contributed by atoms with Crippen molar-refractivity contribution in [3.8, 4) is 0 Å². The fourth-order valence-corrected chi connectivity index (χ4v) is 1.52. The van der Waals surface area contributed by atoms with Gasteiger partial charge in [-0.2, -0.15) is 5.90 Å². The molecule has 0 saturated heterocycles. The van der Waals surface area contributed by atoms with E-state index in [1.165, 1.54) is 51.4 Å². The standard InChI is InChI=1S/C12H25NO/c1-2-3-4-5-6-7-8-9-10-11-12-14-13/h11-12H,2-10,13H2,1H3. The van der Waals surface area contributed by atoms with Gasteiger partial charge in [-0.25, -0.2) is 0 Å². The summed E-state index contributed by atoms with van der Waals surface area (Å²) in [6.07, 6.45) is 15.6. The Hall–Kier alpha value is -0.500. The smallest absolute Gasteiger partial charge is 0.106 e. The molecule has 84 valence electrons. The number of rotatable bonds is 10. The summed E-state index contributed by atoms with van der Waals surface area (Å²) in [5.41, 5.74) is 0. The van der Waals surface area contributed by atoms with Crippen LogP contribution in [-0.4, -0.2) is 0 Å². The topological polar surface area (TPSA) is 35.2 Å². The number of nitrogens with two attached hydrogens (primary N) is 1. The van der Waals surface area contributed by atoms with E-state index in [1.54, 1.807) is 6.26 Å². The molecule has 0 amide bonds. The highest BCUT2D eigenvalue weighted by molar-refractivity contribution is 4.72. The molecule has 0 fully saturated rings. The summed E-state index contributed by atoms with van der Waals surface area (Å²) in [4.78, 5) is 4.33. The Morgan fingerprint density at radius 2 is 1.50 bits per heavy atom. The van der Waals surface area contributed by atoms with Crippen LogP contribution in [0.15, 0.2) is 12.3 Å². The van der Waals surface area contributed by atoms with Gasteiger partial charge in [0.05, 0.1) is 0 Å². The van der Waals surface area contributed by atoms with Crippen molar-refractivity contribution in [2.75, 3.05) is 0 Å². The molecule has 2 N–H and O–H groups in total. The molecule has 0 aliphatic rings. The van der Waals surface area contributed by atoms with Gasteiger partial charge in [-0.1, -0.05) is 51.9 Å². The maximum atomic E-state index is 4.85. The van der Waals surface area contributed by atoms with Crippen molar-refractivity contribution in [1.29, 1.82) is 0 Å². The van der Waals surface area contributed by atoms with Crippen LogP contribution in [0, 0.1) is 0 Å². The van der Waals surface area contributed by atoms with E-state index in [0.29, 0.717) is 0 Å². The Bertz CT molecular complexity index is 123. The maximum absolute atomic E-state index is 4.85. The summed E-state index contributed by atoms with van der Waals surface area (Å²) >= 11 is 0. The first-order valence-corrected chi connectivity index (χ1v) is 5.92. The van der Waals surface area contributed by atoms with Crippen molar-refractivity contribution in [3.63, 3.8) is 0 Å². The molecule has 0 spiro atoms. The molecule has 0 bridgehead atoms. The highest BCUT2D eigenvalue weighted by Gasteiger charge is 1.90. The number of unbranched alkanes of at least 4 members (excludes halogenated alkanes) is 8. The predicted octanol–water partition coefficient (Wildman–Crippen LogP) is 3.92. The van der Waals surface area contributed by atoms with Gasteiger partial charge in [-0.05, 0) is 18.9 Å². The first-order chi connectivity index (χ1) is 6.91. The number of allylic oxidation sites excluding steroid dienone is 1. The molecule has 0 aromatic rings. The van der Waals surface area contributed by atoms with Crippen LogP contribution in [0.4, 0.5) is 0 Å². The lowest BCUT2D eigenvalue weighted by Crippen LogP contribution is -1.87. The van der Waals surface area contributed by atoms with Gasteiger partial charge in [0.15, 0.2) is 0 Å². The fraction of sp³-hybridized carbons (Fsp3) is 0.833. The molecular formula is C12H25NO. The SMILES string of the molecule is CCCCCCCCCCC=CON. The molecule has 0 aliphatic carbocycles. The third kappa shape index (κ3) is 11.5. The van der Waals surface area contributed by atoms with Gasteiger partial charge in [0, 0.05) is 0 Å². The molecule has 0 heterocycles. The lowest BCUT2D eigenvalue weighted by molar-refractivity contribution is 0.260. The average Bonchev–Trinajstić information content (AvgIpc) is 2.21. The normalized spacial score (nSPS) is 11.0. The van der Waals surface area contributed by atoms with Crippen molar-refractivity contribution in [3.05, 3.63) is 12.3 Å². The van der Waals surface area contributed by atoms with Gasteiger partial charge < -0.3 is 4.84 Å². The average molecular weight is 199 g/mol. The van der Waals surface area contributed by atoms with Gasteiger partial charge in [0.2, 0.25) is 0 Å². The van der Waals surface area contributed by atoms with Gasteiger partial charge in [-0.3, -0.25) is 0 Å². The molecule has 0 saturated carbocycles. The molecular weight excluding hydrogens is 174 g/mol. The van der Waals surface area contributed by atoms with Crippen LogP contribution in [0.5, 0.6) is 0 Å². The van der Waals surface area contributed by atoms with Crippen molar-refractivity contribution in [2.24, 2.45) is 5.90 Å². The highest BCUT2D eigenvalue weighted by atomic mass is 16.6. The Balaban J connectivity index is 2.88. The Labute approximate surface area is 88.5 Å². The van der Waals surface area contributed by atoms with Crippen LogP contribution in [0.2, 0.25) is 0 Å². The van der Waals surface area contributed by atoms with Crippen LogP contribution in [0.3, 0.4) is 0 Å².